The van der Waals surface area contributed by atoms with E-state index in [-0.39, 0.29) is 11.5 Å². The van der Waals surface area contributed by atoms with Crippen LogP contribution in [0.5, 0.6) is 0 Å². The molecule has 0 saturated carbocycles. The van der Waals surface area contributed by atoms with Gasteiger partial charge in [-0.25, -0.2) is 9.67 Å². The van der Waals surface area contributed by atoms with Gasteiger partial charge in [0.2, 0.25) is 5.91 Å². The summed E-state index contributed by atoms with van der Waals surface area (Å²) in [5.41, 5.74) is 2.41. The molecular weight excluding hydrogens is 434 g/mol. The minimum absolute atomic E-state index is 0.0473. The lowest BCUT2D eigenvalue weighted by molar-refractivity contribution is -0.120. The summed E-state index contributed by atoms with van der Waals surface area (Å²) in [7, 11) is 0. The molecule has 0 aliphatic heterocycles. The zero-order valence-electron chi connectivity index (χ0n) is 18.8. The summed E-state index contributed by atoms with van der Waals surface area (Å²) < 4.78 is 3.23. The quantitative estimate of drug-likeness (QED) is 0.386. The lowest BCUT2D eigenvalue weighted by atomic mass is 10.1. The van der Waals surface area contributed by atoms with Crippen LogP contribution >= 0.6 is 11.8 Å². The predicted octanol–water partition coefficient (Wildman–Crippen LogP) is 3.50. The molecule has 4 rings (SSSR count). The number of thioether (sulfide) groups is 1. The number of hydrogen-bond donors (Lipinski definition) is 1. The van der Waals surface area contributed by atoms with Gasteiger partial charge in [0.05, 0.1) is 25.7 Å². The van der Waals surface area contributed by atoms with Crippen LogP contribution in [0.15, 0.2) is 76.8 Å². The Morgan fingerprint density at radius 2 is 1.82 bits per heavy atom. The number of nitrogens with one attached hydrogen (secondary N) is 1. The maximum absolute atomic E-state index is 12.8. The van der Waals surface area contributed by atoms with Crippen molar-refractivity contribution in [1.29, 1.82) is 0 Å². The molecule has 4 aromatic rings. The van der Waals surface area contributed by atoms with Gasteiger partial charge in [-0.2, -0.15) is 5.10 Å². The first kappa shape index (κ1) is 22.8. The monoisotopic (exact) mass is 461 g/mol. The molecule has 2 aromatic carbocycles. The number of rotatable bonds is 9. The second kappa shape index (κ2) is 10.5. The predicted molar refractivity (Wildman–Crippen MR) is 131 cm³/mol. The smallest absolute Gasteiger partial charge is 0.264 e. The van der Waals surface area contributed by atoms with E-state index in [0.29, 0.717) is 42.3 Å². The van der Waals surface area contributed by atoms with Crippen LogP contribution in [-0.4, -0.2) is 37.0 Å². The Kier molecular flexibility index (Phi) is 7.24. The van der Waals surface area contributed by atoms with Crippen LogP contribution < -0.4 is 10.9 Å². The molecule has 0 unspecified atom stereocenters. The highest BCUT2D eigenvalue weighted by molar-refractivity contribution is 7.99. The molecule has 0 aliphatic rings. The maximum atomic E-state index is 12.8. The molecule has 2 aromatic heterocycles. The molecule has 0 atom stereocenters. The maximum Gasteiger partial charge on any atom is 0.264 e. The van der Waals surface area contributed by atoms with E-state index in [2.05, 4.69) is 41.4 Å². The minimum Gasteiger partial charge on any atom is -0.354 e. The van der Waals surface area contributed by atoms with Crippen LogP contribution in [0.4, 0.5) is 0 Å². The van der Waals surface area contributed by atoms with Gasteiger partial charge in [0.15, 0.2) is 5.65 Å². The van der Waals surface area contributed by atoms with Crippen molar-refractivity contribution < 1.29 is 4.79 Å². The largest absolute Gasteiger partial charge is 0.354 e. The fourth-order valence-electron chi connectivity index (χ4n) is 3.56. The number of carbonyl (C=O) groups excluding carboxylic acids is 1. The Labute approximate surface area is 196 Å². The second-order valence-electron chi connectivity index (χ2n) is 8.11. The normalized spacial score (nSPS) is 11.2. The summed E-state index contributed by atoms with van der Waals surface area (Å²) in [6, 6.07) is 17.9. The molecule has 1 amide bonds. The summed E-state index contributed by atoms with van der Waals surface area (Å²) in [5.74, 6) is -0.0473. The van der Waals surface area contributed by atoms with E-state index in [1.165, 1.54) is 4.90 Å². The molecule has 0 spiro atoms. The zero-order chi connectivity index (χ0) is 23.2. The number of fused-ring (bicyclic) bond motifs is 1. The summed E-state index contributed by atoms with van der Waals surface area (Å²) in [6.45, 7) is 5.62. The Morgan fingerprint density at radius 3 is 2.55 bits per heavy atom. The van der Waals surface area contributed by atoms with E-state index < -0.39 is 0 Å². The molecule has 0 fully saturated rings. The van der Waals surface area contributed by atoms with Crippen LogP contribution in [0.2, 0.25) is 0 Å². The number of hydrogen-bond acceptors (Lipinski definition) is 5. The molecule has 8 heteroatoms. The first-order chi connectivity index (χ1) is 16.0. The van der Waals surface area contributed by atoms with Crippen molar-refractivity contribution in [3.05, 3.63) is 88.6 Å². The molecule has 0 bridgehead atoms. The summed E-state index contributed by atoms with van der Waals surface area (Å²) >= 11 is 1.80. The van der Waals surface area contributed by atoms with E-state index in [4.69, 9.17) is 0 Å². The van der Waals surface area contributed by atoms with Crippen molar-refractivity contribution in [1.82, 2.24) is 24.6 Å². The lowest BCUT2D eigenvalue weighted by Gasteiger charge is -2.08. The van der Waals surface area contributed by atoms with Crippen molar-refractivity contribution in [2.45, 2.75) is 43.5 Å². The van der Waals surface area contributed by atoms with E-state index in [9.17, 15) is 9.59 Å². The molecule has 1 N–H and O–H groups in total. The van der Waals surface area contributed by atoms with Crippen molar-refractivity contribution in [3.63, 3.8) is 0 Å². The molecule has 170 valence electrons. The Hall–Kier alpha value is -3.39. The average Bonchev–Trinajstić information content (AvgIpc) is 3.21. The van der Waals surface area contributed by atoms with Crippen molar-refractivity contribution >= 4 is 28.7 Å². The van der Waals surface area contributed by atoms with E-state index in [1.807, 2.05) is 42.5 Å². The third-order valence-corrected chi connectivity index (χ3v) is 6.14. The number of benzene rings is 2. The van der Waals surface area contributed by atoms with Gasteiger partial charge in [0.1, 0.15) is 11.7 Å². The summed E-state index contributed by atoms with van der Waals surface area (Å²) in [5, 5.41) is 8.23. The van der Waals surface area contributed by atoms with Crippen LogP contribution in [-0.2, 0) is 24.3 Å². The van der Waals surface area contributed by atoms with Gasteiger partial charge < -0.3 is 5.32 Å². The fraction of sp³-hybridized carbons (Fsp3) is 0.280. The van der Waals surface area contributed by atoms with E-state index in [1.54, 1.807) is 33.5 Å². The van der Waals surface area contributed by atoms with Crippen LogP contribution in [0, 0.1) is 0 Å². The first-order valence-corrected chi connectivity index (χ1v) is 11.8. The highest BCUT2D eigenvalue weighted by atomic mass is 32.2. The molecule has 0 saturated heterocycles. The molecule has 7 nitrogen and oxygen atoms in total. The zero-order valence-corrected chi connectivity index (χ0v) is 19.6. The molecule has 0 aliphatic carbocycles. The van der Waals surface area contributed by atoms with E-state index >= 15 is 0 Å². The summed E-state index contributed by atoms with van der Waals surface area (Å²) in [4.78, 5) is 30.8. The average molecular weight is 462 g/mol. The first-order valence-electron chi connectivity index (χ1n) is 11.0. The van der Waals surface area contributed by atoms with Crippen LogP contribution in [0.3, 0.4) is 0 Å². The van der Waals surface area contributed by atoms with Gasteiger partial charge >= 0.3 is 0 Å². The second-order valence-corrected chi connectivity index (χ2v) is 9.76. The lowest BCUT2D eigenvalue weighted by Crippen LogP contribution is -2.29. The highest BCUT2D eigenvalue weighted by Crippen LogP contribution is 2.22. The standard InChI is InChI=1S/C25H27N5O2S/c1-18(2)33-21-10-8-19(9-11-21)14-23(31)26-12-13-30-24-22(15-28-30)25(32)29(17-27-24)16-20-6-4-3-5-7-20/h3-11,15,17-18H,12-14,16H2,1-2H3,(H,26,31). The Balaban J connectivity index is 1.33. The SMILES string of the molecule is CC(C)Sc1ccc(CC(=O)NCCn2ncc3c(=O)n(Cc4ccccc4)cnc32)cc1. The number of carbonyl (C=O) groups is 1. The molecular formula is C25H27N5O2S. The van der Waals surface area contributed by atoms with Crippen molar-refractivity contribution in [2.24, 2.45) is 0 Å². The van der Waals surface area contributed by atoms with Crippen molar-refractivity contribution in [3.8, 4) is 0 Å². The number of nitrogens with zero attached hydrogens (tertiary/aromatic N) is 4. The fourth-order valence-corrected chi connectivity index (χ4v) is 4.40. The summed E-state index contributed by atoms with van der Waals surface area (Å²) in [6.07, 6.45) is 3.43. The van der Waals surface area contributed by atoms with Crippen molar-refractivity contribution in [2.75, 3.05) is 6.54 Å². The van der Waals surface area contributed by atoms with E-state index in [0.717, 1.165) is 11.1 Å². The van der Waals surface area contributed by atoms with Gasteiger partial charge in [-0.3, -0.25) is 14.2 Å². The minimum atomic E-state index is -0.127. The Morgan fingerprint density at radius 1 is 1.06 bits per heavy atom. The van der Waals surface area contributed by atoms with Crippen LogP contribution in [0.1, 0.15) is 25.0 Å². The van der Waals surface area contributed by atoms with Gasteiger partial charge in [-0.05, 0) is 23.3 Å². The highest BCUT2D eigenvalue weighted by Gasteiger charge is 2.11. The third-order valence-electron chi connectivity index (χ3n) is 5.12. The Bertz CT molecular complexity index is 1280. The molecule has 33 heavy (non-hydrogen) atoms. The van der Waals surface area contributed by atoms with Gasteiger partial charge in [-0.1, -0.05) is 56.3 Å². The van der Waals surface area contributed by atoms with Gasteiger partial charge in [-0.15, -0.1) is 11.8 Å². The molecule has 0 radical (unpaired) electrons. The topological polar surface area (TPSA) is 81.8 Å². The van der Waals surface area contributed by atoms with Crippen LogP contribution in [0.25, 0.3) is 11.0 Å². The van der Waals surface area contributed by atoms with Gasteiger partial charge in [0.25, 0.3) is 5.56 Å². The number of amides is 1. The van der Waals surface area contributed by atoms with Gasteiger partial charge in [0, 0.05) is 16.7 Å². The third kappa shape index (κ3) is 5.90. The number of aromatic nitrogens is 4. The molecule has 2 heterocycles.